The Hall–Kier alpha value is -1.54. The largest absolute Gasteiger partial charge is 0.497 e. The van der Waals surface area contributed by atoms with Gasteiger partial charge in [0.2, 0.25) is 0 Å². The second kappa shape index (κ2) is 6.48. The van der Waals surface area contributed by atoms with Gasteiger partial charge in [0.05, 0.1) is 7.11 Å². The zero-order chi connectivity index (χ0) is 14.7. The highest BCUT2D eigenvalue weighted by atomic mass is 16.5. The third kappa shape index (κ3) is 3.38. The standard InChI is InChI=1S/C19H25NO/c1-14(20-13-15-5-3-4-6-15)16-7-8-18-12-19(21-2)10-9-17(18)11-16/h7-12,14-15,20H,3-6,13H2,1-2H3. The van der Waals surface area contributed by atoms with Gasteiger partial charge in [-0.05, 0) is 66.8 Å². The van der Waals surface area contributed by atoms with Gasteiger partial charge in [-0.1, -0.05) is 31.0 Å². The average molecular weight is 283 g/mol. The topological polar surface area (TPSA) is 21.3 Å². The van der Waals surface area contributed by atoms with E-state index in [9.17, 15) is 0 Å². The average Bonchev–Trinajstić information content (AvgIpc) is 3.05. The summed E-state index contributed by atoms with van der Waals surface area (Å²) in [7, 11) is 1.71. The van der Waals surface area contributed by atoms with E-state index in [0.717, 1.165) is 18.2 Å². The summed E-state index contributed by atoms with van der Waals surface area (Å²) < 4.78 is 5.28. The molecule has 0 aliphatic heterocycles. The Morgan fingerprint density at radius 2 is 1.81 bits per heavy atom. The number of methoxy groups -OCH3 is 1. The summed E-state index contributed by atoms with van der Waals surface area (Å²) in [6, 6.07) is 13.4. The van der Waals surface area contributed by atoms with E-state index in [0.29, 0.717) is 6.04 Å². The Bertz CT molecular complexity index is 602. The highest BCUT2D eigenvalue weighted by molar-refractivity contribution is 5.84. The zero-order valence-corrected chi connectivity index (χ0v) is 13.1. The van der Waals surface area contributed by atoms with Crippen molar-refractivity contribution in [1.82, 2.24) is 5.32 Å². The van der Waals surface area contributed by atoms with Gasteiger partial charge in [-0.2, -0.15) is 0 Å². The highest BCUT2D eigenvalue weighted by Crippen LogP contribution is 2.26. The number of ether oxygens (including phenoxy) is 1. The van der Waals surface area contributed by atoms with Gasteiger partial charge in [-0.3, -0.25) is 0 Å². The number of benzene rings is 2. The lowest BCUT2D eigenvalue weighted by Gasteiger charge is -2.18. The molecule has 112 valence electrons. The number of nitrogens with one attached hydrogen (secondary N) is 1. The van der Waals surface area contributed by atoms with Crippen molar-refractivity contribution in [3.63, 3.8) is 0 Å². The highest BCUT2D eigenvalue weighted by Gasteiger charge is 2.16. The maximum atomic E-state index is 5.28. The number of rotatable bonds is 5. The molecule has 1 fully saturated rings. The van der Waals surface area contributed by atoms with Crippen LogP contribution in [0.5, 0.6) is 5.75 Å². The third-order valence-corrected chi connectivity index (χ3v) is 4.76. The van der Waals surface area contributed by atoms with E-state index in [1.807, 2.05) is 6.07 Å². The van der Waals surface area contributed by atoms with Gasteiger partial charge in [0.15, 0.2) is 0 Å². The first kappa shape index (κ1) is 14.4. The zero-order valence-electron chi connectivity index (χ0n) is 13.1. The molecule has 0 aromatic heterocycles. The van der Waals surface area contributed by atoms with Crippen LogP contribution in [0.1, 0.15) is 44.2 Å². The van der Waals surface area contributed by atoms with Crippen LogP contribution >= 0.6 is 0 Å². The molecule has 0 saturated heterocycles. The van der Waals surface area contributed by atoms with Crippen LogP contribution in [-0.4, -0.2) is 13.7 Å². The number of hydrogen-bond donors (Lipinski definition) is 1. The van der Waals surface area contributed by atoms with Crippen LogP contribution < -0.4 is 10.1 Å². The van der Waals surface area contributed by atoms with Crippen LogP contribution in [0.3, 0.4) is 0 Å². The van der Waals surface area contributed by atoms with Crippen molar-refractivity contribution in [2.75, 3.05) is 13.7 Å². The first-order valence-electron chi connectivity index (χ1n) is 8.07. The Morgan fingerprint density at radius 1 is 1.10 bits per heavy atom. The van der Waals surface area contributed by atoms with E-state index < -0.39 is 0 Å². The summed E-state index contributed by atoms with van der Waals surface area (Å²) in [5, 5.41) is 6.22. The van der Waals surface area contributed by atoms with Gasteiger partial charge in [0.25, 0.3) is 0 Å². The van der Waals surface area contributed by atoms with Crippen LogP contribution in [0.4, 0.5) is 0 Å². The van der Waals surface area contributed by atoms with Crippen LogP contribution in [0.2, 0.25) is 0 Å². The quantitative estimate of drug-likeness (QED) is 0.859. The molecule has 0 bridgehead atoms. The second-order valence-corrected chi connectivity index (χ2v) is 6.25. The molecule has 0 amide bonds. The van der Waals surface area contributed by atoms with E-state index >= 15 is 0 Å². The molecule has 1 unspecified atom stereocenters. The Kier molecular flexibility index (Phi) is 4.45. The minimum atomic E-state index is 0.414. The monoisotopic (exact) mass is 283 g/mol. The maximum Gasteiger partial charge on any atom is 0.119 e. The molecule has 1 atom stereocenters. The summed E-state index contributed by atoms with van der Waals surface area (Å²) in [5.41, 5.74) is 1.37. The van der Waals surface area contributed by atoms with E-state index in [1.165, 1.54) is 42.0 Å². The summed E-state index contributed by atoms with van der Waals surface area (Å²) in [6.07, 6.45) is 5.63. The summed E-state index contributed by atoms with van der Waals surface area (Å²) in [5.74, 6) is 1.81. The van der Waals surface area contributed by atoms with Crippen molar-refractivity contribution in [3.05, 3.63) is 42.0 Å². The minimum Gasteiger partial charge on any atom is -0.497 e. The molecule has 2 nitrogen and oxygen atoms in total. The molecule has 0 spiro atoms. The van der Waals surface area contributed by atoms with Gasteiger partial charge in [-0.15, -0.1) is 0 Å². The molecule has 1 aliphatic carbocycles. The summed E-state index contributed by atoms with van der Waals surface area (Å²) in [6.45, 7) is 3.42. The van der Waals surface area contributed by atoms with Crippen molar-refractivity contribution in [3.8, 4) is 5.75 Å². The van der Waals surface area contributed by atoms with Gasteiger partial charge in [0.1, 0.15) is 5.75 Å². The molecule has 1 aliphatic rings. The molecule has 1 saturated carbocycles. The molecular weight excluding hydrogens is 258 g/mol. The summed E-state index contributed by atoms with van der Waals surface area (Å²) in [4.78, 5) is 0. The number of hydrogen-bond acceptors (Lipinski definition) is 2. The van der Waals surface area contributed by atoms with Gasteiger partial charge >= 0.3 is 0 Å². The molecular formula is C19H25NO. The maximum absolute atomic E-state index is 5.28. The van der Waals surface area contributed by atoms with Crippen LogP contribution in [0.15, 0.2) is 36.4 Å². The molecule has 1 N–H and O–H groups in total. The van der Waals surface area contributed by atoms with Crippen molar-refractivity contribution >= 4 is 10.8 Å². The molecule has 3 rings (SSSR count). The molecule has 0 heterocycles. The first-order chi connectivity index (χ1) is 10.3. The van der Waals surface area contributed by atoms with Crippen molar-refractivity contribution in [2.45, 2.75) is 38.6 Å². The van der Waals surface area contributed by atoms with E-state index in [4.69, 9.17) is 4.74 Å². The van der Waals surface area contributed by atoms with Crippen molar-refractivity contribution in [2.24, 2.45) is 5.92 Å². The molecule has 2 heteroatoms. The van der Waals surface area contributed by atoms with Gasteiger partial charge in [-0.25, -0.2) is 0 Å². The van der Waals surface area contributed by atoms with E-state index in [1.54, 1.807) is 7.11 Å². The fraction of sp³-hybridized carbons (Fsp3) is 0.474. The Labute approximate surface area is 127 Å². The van der Waals surface area contributed by atoms with E-state index in [-0.39, 0.29) is 0 Å². The van der Waals surface area contributed by atoms with Crippen LogP contribution in [0, 0.1) is 5.92 Å². The third-order valence-electron chi connectivity index (χ3n) is 4.76. The van der Waals surface area contributed by atoms with Gasteiger partial charge < -0.3 is 10.1 Å². The first-order valence-corrected chi connectivity index (χ1v) is 8.07. The predicted octanol–water partition coefficient (Wildman–Crippen LogP) is 4.69. The van der Waals surface area contributed by atoms with Gasteiger partial charge in [0, 0.05) is 6.04 Å². The smallest absolute Gasteiger partial charge is 0.119 e. The van der Waals surface area contributed by atoms with Crippen molar-refractivity contribution in [1.29, 1.82) is 0 Å². The lowest BCUT2D eigenvalue weighted by molar-refractivity contribution is 0.415. The Morgan fingerprint density at radius 3 is 2.57 bits per heavy atom. The lowest BCUT2D eigenvalue weighted by Crippen LogP contribution is -2.24. The molecule has 2 aromatic rings. The minimum absolute atomic E-state index is 0.414. The van der Waals surface area contributed by atoms with Crippen molar-refractivity contribution < 1.29 is 4.74 Å². The van der Waals surface area contributed by atoms with E-state index in [2.05, 4.69) is 42.6 Å². The predicted molar refractivity (Wildman–Crippen MR) is 88.9 cm³/mol. The lowest BCUT2D eigenvalue weighted by atomic mass is 10.0. The number of fused-ring (bicyclic) bond motifs is 1. The molecule has 0 radical (unpaired) electrons. The molecule has 2 aromatic carbocycles. The molecule has 21 heavy (non-hydrogen) atoms. The fourth-order valence-corrected chi connectivity index (χ4v) is 3.31. The van der Waals surface area contributed by atoms with Crippen LogP contribution in [-0.2, 0) is 0 Å². The fourth-order valence-electron chi connectivity index (χ4n) is 3.31. The van der Waals surface area contributed by atoms with Crippen LogP contribution in [0.25, 0.3) is 10.8 Å². The Balaban J connectivity index is 1.70. The SMILES string of the molecule is COc1ccc2cc(C(C)NCC3CCCC3)ccc2c1. The summed E-state index contributed by atoms with van der Waals surface area (Å²) >= 11 is 0. The normalized spacial score (nSPS) is 17.2. The second-order valence-electron chi connectivity index (χ2n) is 6.25.